The highest BCUT2D eigenvalue weighted by atomic mass is 14.9. The molecule has 0 radical (unpaired) electrons. The average Bonchev–Trinajstić information content (AvgIpc) is 2.20. The molecule has 1 aliphatic carbocycles. The van der Waals surface area contributed by atoms with Gasteiger partial charge < -0.3 is 5.32 Å². The van der Waals surface area contributed by atoms with E-state index < -0.39 is 0 Å². The summed E-state index contributed by atoms with van der Waals surface area (Å²) in [6, 6.07) is 0.824. The molecule has 1 fully saturated rings. The molecule has 0 aromatic carbocycles. The fourth-order valence-electron chi connectivity index (χ4n) is 2.46. The summed E-state index contributed by atoms with van der Waals surface area (Å²) in [5.41, 5.74) is 0. The summed E-state index contributed by atoms with van der Waals surface area (Å²) in [4.78, 5) is 0. The molecule has 0 aromatic rings. The van der Waals surface area contributed by atoms with Gasteiger partial charge in [-0.25, -0.2) is 0 Å². The molecule has 2 atom stereocenters. The first kappa shape index (κ1) is 12.0. The van der Waals surface area contributed by atoms with Crippen molar-refractivity contribution in [3.05, 3.63) is 0 Å². The summed E-state index contributed by atoms with van der Waals surface area (Å²) in [7, 11) is 0. The van der Waals surface area contributed by atoms with E-state index in [1.807, 2.05) is 0 Å². The molecule has 1 nitrogen and oxygen atoms in total. The Kier molecular flexibility index (Phi) is 6.25. The van der Waals surface area contributed by atoms with Crippen LogP contribution in [0.15, 0.2) is 0 Å². The van der Waals surface area contributed by atoms with E-state index in [0.717, 1.165) is 12.0 Å². The SMILES string of the molecule is CCCCCCN[C@H]1CCCC[C@@H]1C. The molecule has 14 heavy (non-hydrogen) atoms. The maximum atomic E-state index is 3.73. The molecule has 0 unspecified atom stereocenters. The number of nitrogens with one attached hydrogen (secondary N) is 1. The minimum absolute atomic E-state index is 0.824. The van der Waals surface area contributed by atoms with Crippen LogP contribution in [0.5, 0.6) is 0 Å². The Hall–Kier alpha value is -0.0400. The molecule has 0 spiro atoms. The van der Waals surface area contributed by atoms with E-state index in [1.165, 1.54) is 57.9 Å². The van der Waals surface area contributed by atoms with Crippen LogP contribution in [-0.4, -0.2) is 12.6 Å². The van der Waals surface area contributed by atoms with Crippen LogP contribution in [0, 0.1) is 5.92 Å². The molecule has 1 saturated carbocycles. The van der Waals surface area contributed by atoms with E-state index >= 15 is 0 Å². The number of hydrogen-bond acceptors (Lipinski definition) is 1. The van der Waals surface area contributed by atoms with Crippen LogP contribution in [0.3, 0.4) is 0 Å². The summed E-state index contributed by atoms with van der Waals surface area (Å²) in [6.45, 7) is 5.93. The van der Waals surface area contributed by atoms with Crippen LogP contribution in [0.25, 0.3) is 0 Å². The summed E-state index contributed by atoms with van der Waals surface area (Å²) < 4.78 is 0. The van der Waals surface area contributed by atoms with E-state index in [1.54, 1.807) is 0 Å². The van der Waals surface area contributed by atoms with Crippen molar-refractivity contribution in [3.63, 3.8) is 0 Å². The summed E-state index contributed by atoms with van der Waals surface area (Å²) in [5, 5.41) is 3.73. The molecule has 84 valence electrons. The van der Waals surface area contributed by atoms with Crippen molar-refractivity contribution in [3.8, 4) is 0 Å². The minimum Gasteiger partial charge on any atom is -0.314 e. The third-order valence-electron chi connectivity index (χ3n) is 3.55. The van der Waals surface area contributed by atoms with Crippen molar-refractivity contribution >= 4 is 0 Å². The molecule has 0 amide bonds. The van der Waals surface area contributed by atoms with Gasteiger partial charge in [0.15, 0.2) is 0 Å². The van der Waals surface area contributed by atoms with Gasteiger partial charge >= 0.3 is 0 Å². The number of rotatable bonds is 6. The monoisotopic (exact) mass is 197 g/mol. The fourth-order valence-corrected chi connectivity index (χ4v) is 2.46. The lowest BCUT2D eigenvalue weighted by atomic mass is 9.86. The second-order valence-corrected chi connectivity index (χ2v) is 4.88. The Balaban J connectivity index is 1.99. The van der Waals surface area contributed by atoms with Gasteiger partial charge in [-0.15, -0.1) is 0 Å². The summed E-state index contributed by atoms with van der Waals surface area (Å²) in [5.74, 6) is 0.912. The molecule has 0 bridgehead atoms. The quantitative estimate of drug-likeness (QED) is 0.640. The number of hydrogen-bond donors (Lipinski definition) is 1. The van der Waals surface area contributed by atoms with Crippen LogP contribution < -0.4 is 5.32 Å². The molecular weight excluding hydrogens is 170 g/mol. The van der Waals surface area contributed by atoms with E-state index in [-0.39, 0.29) is 0 Å². The lowest BCUT2D eigenvalue weighted by Crippen LogP contribution is -2.37. The van der Waals surface area contributed by atoms with Crippen molar-refractivity contribution in [1.82, 2.24) is 5.32 Å². The van der Waals surface area contributed by atoms with Gasteiger partial charge in [-0.3, -0.25) is 0 Å². The van der Waals surface area contributed by atoms with Gasteiger partial charge in [-0.05, 0) is 31.7 Å². The molecule has 1 heteroatoms. The van der Waals surface area contributed by atoms with E-state index in [9.17, 15) is 0 Å². The first-order chi connectivity index (χ1) is 6.84. The van der Waals surface area contributed by atoms with Gasteiger partial charge in [0.2, 0.25) is 0 Å². The molecule has 0 heterocycles. The van der Waals surface area contributed by atoms with Crippen molar-refractivity contribution in [2.24, 2.45) is 5.92 Å². The smallest absolute Gasteiger partial charge is 0.00926 e. The molecule has 1 N–H and O–H groups in total. The predicted molar refractivity (Wildman–Crippen MR) is 63.6 cm³/mol. The van der Waals surface area contributed by atoms with Crippen molar-refractivity contribution in [2.75, 3.05) is 6.54 Å². The largest absolute Gasteiger partial charge is 0.314 e. The van der Waals surface area contributed by atoms with Gasteiger partial charge in [0, 0.05) is 6.04 Å². The van der Waals surface area contributed by atoms with Crippen LogP contribution in [-0.2, 0) is 0 Å². The van der Waals surface area contributed by atoms with Crippen LogP contribution >= 0.6 is 0 Å². The molecular formula is C13H27N. The highest BCUT2D eigenvalue weighted by Gasteiger charge is 2.19. The van der Waals surface area contributed by atoms with Crippen molar-refractivity contribution < 1.29 is 0 Å². The third-order valence-corrected chi connectivity index (χ3v) is 3.55. The van der Waals surface area contributed by atoms with E-state index in [0.29, 0.717) is 0 Å². The van der Waals surface area contributed by atoms with Crippen LogP contribution in [0.2, 0.25) is 0 Å². The first-order valence-electron chi connectivity index (χ1n) is 6.58. The Morgan fingerprint density at radius 1 is 1.07 bits per heavy atom. The Morgan fingerprint density at radius 3 is 2.57 bits per heavy atom. The zero-order valence-corrected chi connectivity index (χ0v) is 10.0. The fraction of sp³-hybridized carbons (Fsp3) is 1.00. The molecule has 1 aliphatic rings. The zero-order chi connectivity index (χ0) is 10.2. The van der Waals surface area contributed by atoms with Gasteiger partial charge in [-0.1, -0.05) is 46.0 Å². The lowest BCUT2D eigenvalue weighted by Gasteiger charge is -2.29. The third kappa shape index (κ3) is 4.45. The zero-order valence-electron chi connectivity index (χ0n) is 10.0. The van der Waals surface area contributed by atoms with Crippen molar-refractivity contribution in [2.45, 2.75) is 71.3 Å². The second kappa shape index (κ2) is 7.28. The van der Waals surface area contributed by atoms with Crippen LogP contribution in [0.4, 0.5) is 0 Å². The predicted octanol–water partition coefficient (Wildman–Crippen LogP) is 3.74. The molecule has 0 aliphatic heterocycles. The van der Waals surface area contributed by atoms with Crippen molar-refractivity contribution in [1.29, 1.82) is 0 Å². The Morgan fingerprint density at radius 2 is 1.86 bits per heavy atom. The molecule has 0 aromatic heterocycles. The highest BCUT2D eigenvalue weighted by Crippen LogP contribution is 2.23. The summed E-state index contributed by atoms with van der Waals surface area (Å²) >= 11 is 0. The first-order valence-corrected chi connectivity index (χ1v) is 6.58. The Bertz CT molecular complexity index is 133. The maximum Gasteiger partial charge on any atom is 0.00926 e. The highest BCUT2D eigenvalue weighted by molar-refractivity contribution is 4.77. The van der Waals surface area contributed by atoms with E-state index in [2.05, 4.69) is 19.2 Å². The lowest BCUT2D eigenvalue weighted by molar-refractivity contribution is 0.279. The van der Waals surface area contributed by atoms with Gasteiger partial charge in [0.25, 0.3) is 0 Å². The number of unbranched alkanes of at least 4 members (excludes halogenated alkanes) is 3. The molecule has 1 rings (SSSR count). The maximum absolute atomic E-state index is 3.73. The molecule has 0 saturated heterocycles. The Labute approximate surface area is 89.7 Å². The van der Waals surface area contributed by atoms with E-state index in [4.69, 9.17) is 0 Å². The van der Waals surface area contributed by atoms with Gasteiger partial charge in [0.1, 0.15) is 0 Å². The topological polar surface area (TPSA) is 12.0 Å². The second-order valence-electron chi connectivity index (χ2n) is 4.88. The minimum atomic E-state index is 0.824. The van der Waals surface area contributed by atoms with Gasteiger partial charge in [-0.2, -0.15) is 0 Å². The van der Waals surface area contributed by atoms with Crippen LogP contribution in [0.1, 0.15) is 65.2 Å². The average molecular weight is 197 g/mol. The summed E-state index contributed by atoms with van der Waals surface area (Å²) in [6.07, 6.45) is 11.3. The standard InChI is InChI=1S/C13H27N/c1-3-4-5-8-11-14-13-10-7-6-9-12(13)2/h12-14H,3-11H2,1-2H3/t12-,13-/m0/s1. The van der Waals surface area contributed by atoms with Gasteiger partial charge in [0.05, 0.1) is 0 Å². The normalized spacial score (nSPS) is 27.9.